The fraction of sp³-hybridized carbons (Fsp3) is 0.846. The van der Waals surface area contributed by atoms with Crippen LogP contribution in [0.25, 0.3) is 0 Å². The molecule has 7 heteroatoms. The maximum absolute atomic E-state index is 12.1. The molecule has 20 heavy (non-hydrogen) atoms. The Morgan fingerprint density at radius 1 is 1.25 bits per heavy atom. The number of carbonyl (C=O) groups is 2. The highest BCUT2D eigenvalue weighted by Crippen LogP contribution is 2.38. The zero-order valence-corrected chi connectivity index (χ0v) is 12.2. The summed E-state index contributed by atoms with van der Waals surface area (Å²) in [6, 6.07) is 0. The van der Waals surface area contributed by atoms with Crippen LogP contribution in [0.2, 0.25) is 0 Å². The molecule has 1 amide bonds. The van der Waals surface area contributed by atoms with Gasteiger partial charge < -0.3 is 24.3 Å². The molecule has 0 aliphatic carbocycles. The summed E-state index contributed by atoms with van der Waals surface area (Å²) in [7, 11) is 1.48. The van der Waals surface area contributed by atoms with Gasteiger partial charge in [-0.2, -0.15) is 0 Å². The lowest BCUT2D eigenvalue weighted by atomic mass is 10.1. The molecule has 1 N–H and O–H groups in total. The van der Waals surface area contributed by atoms with Crippen LogP contribution in [0.3, 0.4) is 0 Å². The van der Waals surface area contributed by atoms with E-state index in [1.165, 1.54) is 7.11 Å². The Morgan fingerprint density at radius 2 is 1.90 bits per heavy atom. The van der Waals surface area contributed by atoms with Crippen LogP contribution >= 0.6 is 0 Å². The third-order valence-corrected chi connectivity index (χ3v) is 3.36. The number of carbonyl (C=O) groups excluding carboxylic acids is 2. The number of ketones is 1. The maximum Gasteiger partial charge on any atom is 0.252 e. The predicted molar refractivity (Wildman–Crippen MR) is 67.8 cm³/mol. The third kappa shape index (κ3) is 3.01. The van der Waals surface area contributed by atoms with Gasteiger partial charge in [-0.1, -0.05) is 6.92 Å². The van der Waals surface area contributed by atoms with Crippen LogP contribution in [0.15, 0.2) is 0 Å². The van der Waals surface area contributed by atoms with Crippen molar-refractivity contribution in [1.29, 1.82) is 0 Å². The zero-order valence-electron chi connectivity index (χ0n) is 12.2. The van der Waals surface area contributed by atoms with Gasteiger partial charge in [-0.15, -0.1) is 0 Å². The molecule has 0 aromatic rings. The van der Waals surface area contributed by atoms with E-state index >= 15 is 0 Å². The first kappa shape index (κ1) is 15.4. The van der Waals surface area contributed by atoms with E-state index in [0.717, 1.165) is 0 Å². The first-order valence-corrected chi connectivity index (χ1v) is 6.71. The molecule has 0 aromatic heterocycles. The van der Waals surface area contributed by atoms with Crippen molar-refractivity contribution in [2.75, 3.05) is 13.7 Å². The van der Waals surface area contributed by atoms with Crippen molar-refractivity contribution in [3.05, 3.63) is 0 Å². The number of ether oxygens (including phenoxy) is 4. The van der Waals surface area contributed by atoms with Crippen molar-refractivity contribution < 1.29 is 28.5 Å². The zero-order chi connectivity index (χ0) is 14.9. The molecule has 0 spiro atoms. The molecule has 0 unspecified atom stereocenters. The van der Waals surface area contributed by atoms with Crippen LogP contribution in [0.5, 0.6) is 0 Å². The highest BCUT2D eigenvalue weighted by molar-refractivity contribution is 5.88. The standard InChI is InChI=1S/C13H21NO6/c1-5-7(15)6-14-11(16)9-8-10(12(17-4)18-9)20-13(2,3)19-8/h8-10,12H,5-6H2,1-4H3,(H,14,16)/t8-,9-,10+,12+/m0/s1. The molecule has 7 nitrogen and oxygen atoms in total. The minimum Gasteiger partial charge on any atom is -0.353 e. The van der Waals surface area contributed by atoms with Gasteiger partial charge in [0, 0.05) is 13.5 Å². The van der Waals surface area contributed by atoms with Gasteiger partial charge in [-0.3, -0.25) is 9.59 Å². The number of amides is 1. The second-order valence-corrected chi connectivity index (χ2v) is 5.34. The molecule has 2 aliphatic heterocycles. The lowest BCUT2D eigenvalue weighted by molar-refractivity contribution is -0.225. The first-order valence-electron chi connectivity index (χ1n) is 6.71. The highest BCUT2D eigenvalue weighted by atomic mass is 16.8. The summed E-state index contributed by atoms with van der Waals surface area (Å²) in [5.41, 5.74) is 0. The summed E-state index contributed by atoms with van der Waals surface area (Å²) in [6.07, 6.45) is -2.10. The van der Waals surface area contributed by atoms with Crippen LogP contribution in [0, 0.1) is 0 Å². The average Bonchev–Trinajstić information content (AvgIpc) is 2.88. The van der Waals surface area contributed by atoms with Crippen LogP contribution in [-0.2, 0) is 28.5 Å². The number of Topliss-reactive ketones (excluding diaryl/α,β-unsaturated/α-hetero) is 1. The van der Waals surface area contributed by atoms with Gasteiger partial charge in [0.25, 0.3) is 5.91 Å². The van der Waals surface area contributed by atoms with Gasteiger partial charge in [0.15, 0.2) is 24.0 Å². The minimum absolute atomic E-state index is 0.00548. The number of hydrogen-bond acceptors (Lipinski definition) is 6. The summed E-state index contributed by atoms with van der Waals surface area (Å²) in [4.78, 5) is 23.3. The highest BCUT2D eigenvalue weighted by Gasteiger charge is 2.57. The minimum atomic E-state index is -0.837. The molecule has 2 rings (SSSR count). The summed E-state index contributed by atoms with van der Waals surface area (Å²) < 4.78 is 22.1. The molecule has 2 fully saturated rings. The van der Waals surface area contributed by atoms with E-state index in [2.05, 4.69) is 5.32 Å². The number of fused-ring (bicyclic) bond motifs is 1. The molecule has 2 heterocycles. The summed E-state index contributed by atoms with van der Waals surface area (Å²) in [5, 5.41) is 2.56. The van der Waals surface area contributed by atoms with E-state index < -0.39 is 30.4 Å². The summed E-state index contributed by atoms with van der Waals surface area (Å²) >= 11 is 0. The molecule has 0 saturated carbocycles. The lowest BCUT2D eigenvalue weighted by Crippen LogP contribution is -2.44. The van der Waals surface area contributed by atoms with E-state index in [1.807, 2.05) is 0 Å². The fourth-order valence-electron chi connectivity index (χ4n) is 2.37. The maximum atomic E-state index is 12.1. The Hall–Kier alpha value is -1.02. The predicted octanol–water partition coefficient (Wildman–Crippen LogP) is -0.0269. The molecule has 2 saturated heterocycles. The molecular formula is C13H21NO6. The van der Waals surface area contributed by atoms with Gasteiger partial charge >= 0.3 is 0 Å². The van der Waals surface area contributed by atoms with E-state index in [9.17, 15) is 9.59 Å². The molecular weight excluding hydrogens is 266 g/mol. The fourth-order valence-corrected chi connectivity index (χ4v) is 2.37. The van der Waals surface area contributed by atoms with Gasteiger partial charge in [0.2, 0.25) is 0 Å². The molecule has 114 valence electrons. The Morgan fingerprint density at radius 3 is 2.50 bits per heavy atom. The molecule has 0 aromatic carbocycles. The lowest BCUT2D eigenvalue weighted by Gasteiger charge is -2.23. The van der Waals surface area contributed by atoms with Crippen LogP contribution < -0.4 is 5.32 Å². The number of hydrogen-bond donors (Lipinski definition) is 1. The van der Waals surface area contributed by atoms with Crippen LogP contribution in [0.4, 0.5) is 0 Å². The van der Waals surface area contributed by atoms with Crippen LogP contribution in [0.1, 0.15) is 27.2 Å². The van der Waals surface area contributed by atoms with Crippen LogP contribution in [-0.4, -0.2) is 55.7 Å². The Balaban J connectivity index is 2.01. The van der Waals surface area contributed by atoms with Gasteiger partial charge in [-0.25, -0.2) is 0 Å². The quantitative estimate of drug-likeness (QED) is 0.765. The van der Waals surface area contributed by atoms with Gasteiger partial charge in [0.05, 0.1) is 6.54 Å². The number of methoxy groups -OCH3 is 1. The molecule has 2 aliphatic rings. The van der Waals surface area contributed by atoms with E-state index in [-0.39, 0.29) is 18.2 Å². The largest absolute Gasteiger partial charge is 0.353 e. The Labute approximate surface area is 117 Å². The van der Waals surface area contributed by atoms with Crippen molar-refractivity contribution in [1.82, 2.24) is 5.32 Å². The van der Waals surface area contributed by atoms with Crippen molar-refractivity contribution in [2.45, 2.75) is 57.6 Å². The van der Waals surface area contributed by atoms with Crippen molar-refractivity contribution in [3.8, 4) is 0 Å². The number of rotatable bonds is 5. The number of nitrogens with one attached hydrogen (secondary N) is 1. The monoisotopic (exact) mass is 287 g/mol. The molecule has 4 atom stereocenters. The van der Waals surface area contributed by atoms with Gasteiger partial charge in [-0.05, 0) is 13.8 Å². The first-order chi connectivity index (χ1) is 9.38. The summed E-state index contributed by atoms with van der Waals surface area (Å²) in [5.74, 6) is -1.21. The third-order valence-electron chi connectivity index (χ3n) is 3.36. The van der Waals surface area contributed by atoms with Crippen molar-refractivity contribution in [3.63, 3.8) is 0 Å². The smallest absolute Gasteiger partial charge is 0.252 e. The Bertz CT molecular complexity index is 396. The SMILES string of the molecule is CCC(=O)CNC(=O)[C@H]1O[C@@H](OC)[C@@H]2OC(C)(C)O[C@H]21. The van der Waals surface area contributed by atoms with Crippen molar-refractivity contribution >= 4 is 11.7 Å². The Kier molecular flexibility index (Phi) is 4.43. The van der Waals surface area contributed by atoms with E-state index in [1.54, 1.807) is 20.8 Å². The molecule has 0 bridgehead atoms. The van der Waals surface area contributed by atoms with E-state index in [4.69, 9.17) is 18.9 Å². The second-order valence-electron chi connectivity index (χ2n) is 5.34. The average molecular weight is 287 g/mol. The summed E-state index contributed by atoms with van der Waals surface area (Å²) in [6.45, 7) is 5.28. The van der Waals surface area contributed by atoms with Gasteiger partial charge in [0.1, 0.15) is 12.2 Å². The molecule has 0 radical (unpaired) electrons. The normalized spacial score (nSPS) is 34.8. The topological polar surface area (TPSA) is 83.1 Å². The second kappa shape index (κ2) is 5.77. The van der Waals surface area contributed by atoms with E-state index in [0.29, 0.717) is 6.42 Å². The van der Waals surface area contributed by atoms with Crippen molar-refractivity contribution in [2.24, 2.45) is 0 Å².